The van der Waals surface area contributed by atoms with Crippen molar-refractivity contribution in [2.45, 2.75) is 31.3 Å². The minimum atomic E-state index is 0.165. The van der Waals surface area contributed by atoms with Crippen LogP contribution in [0, 0.1) is 5.92 Å². The van der Waals surface area contributed by atoms with E-state index >= 15 is 0 Å². The van der Waals surface area contributed by atoms with E-state index in [0.717, 1.165) is 43.9 Å². The van der Waals surface area contributed by atoms with Crippen molar-refractivity contribution >= 4 is 17.5 Å². The zero-order valence-electron chi connectivity index (χ0n) is 13.0. The number of piperidine rings is 1. The number of hydrogen-bond donors (Lipinski definition) is 2. The molecule has 2 saturated heterocycles. The molecule has 22 heavy (non-hydrogen) atoms. The fourth-order valence-corrected chi connectivity index (χ4v) is 3.76. The summed E-state index contributed by atoms with van der Waals surface area (Å²) in [5.74, 6) is 0.388. The van der Waals surface area contributed by atoms with Crippen molar-refractivity contribution in [1.29, 1.82) is 0 Å². The van der Waals surface area contributed by atoms with Crippen molar-refractivity contribution in [3.05, 3.63) is 34.9 Å². The molecule has 0 aliphatic carbocycles. The van der Waals surface area contributed by atoms with Crippen LogP contribution < -0.4 is 10.6 Å². The normalized spacial score (nSPS) is 27.0. The Bertz CT molecular complexity index is 513. The molecule has 0 radical (unpaired) electrons. The highest BCUT2D eigenvalue weighted by atomic mass is 35.5. The van der Waals surface area contributed by atoms with Crippen LogP contribution in [0.4, 0.5) is 0 Å². The molecule has 4 nitrogen and oxygen atoms in total. The lowest BCUT2D eigenvalue weighted by molar-refractivity contribution is -0.126. The molecule has 2 N–H and O–H groups in total. The Morgan fingerprint density at radius 1 is 1.23 bits per heavy atom. The van der Waals surface area contributed by atoms with Crippen LogP contribution in [0.25, 0.3) is 0 Å². The Morgan fingerprint density at radius 2 is 1.91 bits per heavy atom. The zero-order chi connectivity index (χ0) is 15.5. The van der Waals surface area contributed by atoms with E-state index in [4.69, 9.17) is 11.6 Å². The van der Waals surface area contributed by atoms with E-state index in [0.29, 0.717) is 0 Å². The Kier molecular flexibility index (Phi) is 5.01. The minimum absolute atomic E-state index is 0.165. The zero-order valence-corrected chi connectivity index (χ0v) is 13.8. The molecule has 2 heterocycles. The fraction of sp³-hybridized carbons (Fsp3) is 0.588. The van der Waals surface area contributed by atoms with Crippen molar-refractivity contribution in [3.63, 3.8) is 0 Å². The van der Waals surface area contributed by atoms with Gasteiger partial charge in [-0.25, -0.2) is 0 Å². The third kappa shape index (κ3) is 3.45. The predicted octanol–water partition coefficient (Wildman–Crippen LogP) is 2.20. The number of nitrogens with one attached hydrogen (secondary N) is 2. The molecule has 2 aliphatic rings. The summed E-state index contributed by atoms with van der Waals surface area (Å²) in [5, 5.41) is 7.36. The summed E-state index contributed by atoms with van der Waals surface area (Å²) in [7, 11) is 2.12. The number of likely N-dealkylation sites (tertiary alicyclic amines) is 1. The van der Waals surface area contributed by atoms with E-state index < -0.39 is 0 Å². The van der Waals surface area contributed by atoms with Gasteiger partial charge in [-0.15, -0.1) is 0 Å². The van der Waals surface area contributed by atoms with Gasteiger partial charge in [0.15, 0.2) is 0 Å². The lowest BCUT2D eigenvalue weighted by Gasteiger charge is -2.29. The van der Waals surface area contributed by atoms with Crippen LogP contribution in [0.15, 0.2) is 24.3 Å². The molecule has 5 heteroatoms. The van der Waals surface area contributed by atoms with Gasteiger partial charge in [-0.1, -0.05) is 23.7 Å². The average Bonchev–Trinajstić information content (AvgIpc) is 2.90. The SMILES string of the molecule is CN1CCC(NC(=O)C2CCNCC2)C1c1ccc(Cl)cc1. The number of amides is 1. The maximum Gasteiger partial charge on any atom is 0.223 e. The van der Waals surface area contributed by atoms with Gasteiger partial charge in [-0.3, -0.25) is 9.69 Å². The number of benzene rings is 1. The van der Waals surface area contributed by atoms with Gasteiger partial charge in [-0.2, -0.15) is 0 Å². The molecule has 3 rings (SSSR count). The molecule has 1 amide bonds. The van der Waals surface area contributed by atoms with Gasteiger partial charge < -0.3 is 10.6 Å². The van der Waals surface area contributed by atoms with Gasteiger partial charge >= 0.3 is 0 Å². The smallest absolute Gasteiger partial charge is 0.223 e. The van der Waals surface area contributed by atoms with Crippen LogP contribution >= 0.6 is 11.6 Å². The molecular weight excluding hydrogens is 298 g/mol. The van der Waals surface area contributed by atoms with Crippen LogP contribution in [-0.4, -0.2) is 43.5 Å². The van der Waals surface area contributed by atoms with Crippen molar-refractivity contribution in [3.8, 4) is 0 Å². The number of halogens is 1. The first-order valence-electron chi connectivity index (χ1n) is 8.12. The fourth-order valence-electron chi connectivity index (χ4n) is 3.63. The van der Waals surface area contributed by atoms with E-state index in [1.165, 1.54) is 5.56 Å². The summed E-state index contributed by atoms with van der Waals surface area (Å²) >= 11 is 5.99. The maximum atomic E-state index is 12.5. The largest absolute Gasteiger partial charge is 0.351 e. The van der Waals surface area contributed by atoms with Crippen LogP contribution in [0.2, 0.25) is 5.02 Å². The third-order valence-corrected chi connectivity index (χ3v) is 5.15. The van der Waals surface area contributed by atoms with Gasteiger partial charge in [0.25, 0.3) is 0 Å². The highest BCUT2D eigenvalue weighted by molar-refractivity contribution is 6.30. The first-order chi connectivity index (χ1) is 10.6. The summed E-state index contributed by atoms with van der Waals surface area (Å²) in [5.41, 5.74) is 1.22. The number of carbonyl (C=O) groups is 1. The first-order valence-corrected chi connectivity index (χ1v) is 8.50. The molecule has 2 fully saturated rings. The topological polar surface area (TPSA) is 44.4 Å². The summed E-state index contributed by atoms with van der Waals surface area (Å²) in [6, 6.07) is 8.41. The van der Waals surface area contributed by atoms with E-state index in [9.17, 15) is 4.79 Å². The van der Waals surface area contributed by atoms with Crippen molar-refractivity contribution in [1.82, 2.24) is 15.5 Å². The Morgan fingerprint density at radius 3 is 2.59 bits per heavy atom. The quantitative estimate of drug-likeness (QED) is 0.897. The van der Waals surface area contributed by atoms with Gasteiger partial charge in [0.2, 0.25) is 5.91 Å². The molecule has 2 unspecified atom stereocenters. The van der Waals surface area contributed by atoms with E-state index in [-0.39, 0.29) is 23.9 Å². The van der Waals surface area contributed by atoms with Gasteiger partial charge in [0.05, 0.1) is 6.04 Å². The number of carbonyl (C=O) groups excluding carboxylic acids is 1. The second-order valence-electron chi connectivity index (χ2n) is 6.41. The molecular formula is C17H24ClN3O. The van der Waals surface area contributed by atoms with Crippen molar-refractivity contribution < 1.29 is 4.79 Å². The van der Waals surface area contributed by atoms with E-state index in [1.54, 1.807) is 0 Å². The van der Waals surface area contributed by atoms with E-state index in [1.807, 2.05) is 12.1 Å². The van der Waals surface area contributed by atoms with Gasteiger partial charge in [0.1, 0.15) is 0 Å². The van der Waals surface area contributed by atoms with Crippen LogP contribution in [0.1, 0.15) is 30.9 Å². The van der Waals surface area contributed by atoms with Crippen LogP contribution in [-0.2, 0) is 4.79 Å². The monoisotopic (exact) mass is 321 g/mol. The number of rotatable bonds is 3. The minimum Gasteiger partial charge on any atom is -0.351 e. The molecule has 0 saturated carbocycles. The van der Waals surface area contributed by atoms with Gasteiger partial charge in [-0.05, 0) is 57.1 Å². The summed E-state index contributed by atoms with van der Waals surface area (Å²) in [6.45, 7) is 2.90. The highest BCUT2D eigenvalue weighted by Crippen LogP contribution is 2.32. The molecule has 0 aromatic heterocycles. The predicted molar refractivity (Wildman–Crippen MR) is 89.0 cm³/mol. The number of nitrogens with zero attached hydrogens (tertiary/aromatic N) is 1. The maximum absolute atomic E-state index is 12.5. The molecule has 1 aromatic rings. The lowest BCUT2D eigenvalue weighted by atomic mass is 9.95. The molecule has 1 aromatic carbocycles. The number of likely N-dealkylation sites (N-methyl/N-ethyl adjacent to an activating group) is 1. The standard InChI is InChI=1S/C17H24ClN3O/c1-21-11-8-15(16(21)12-2-4-14(18)5-3-12)20-17(22)13-6-9-19-10-7-13/h2-5,13,15-16,19H,6-11H2,1H3,(H,20,22). The first kappa shape index (κ1) is 15.8. The summed E-state index contributed by atoms with van der Waals surface area (Å²) < 4.78 is 0. The van der Waals surface area contributed by atoms with Crippen LogP contribution in [0.3, 0.4) is 0 Å². The Balaban J connectivity index is 1.69. The Labute approximate surface area is 137 Å². The Hall–Kier alpha value is -1.10. The lowest BCUT2D eigenvalue weighted by Crippen LogP contribution is -2.44. The van der Waals surface area contributed by atoms with Gasteiger partial charge in [0, 0.05) is 23.5 Å². The molecule has 2 aliphatic heterocycles. The van der Waals surface area contributed by atoms with Crippen molar-refractivity contribution in [2.75, 3.05) is 26.7 Å². The molecule has 0 spiro atoms. The average molecular weight is 322 g/mol. The van der Waals surface area contributed by atoms with Crippen LogP contribution in [0.5, 0.6) is 0 Å². The van der Waals surface area contributed by atoms with E-state index in [2.05, 4.69) is 34.7 Å². The number of hydrogen-bond acceptors (Lipinski definition) is 3. The molecule has 0 bridgehead atoms. The third-order valence-electron chi connectivity index (χ3n) is 4.90. The summed E-state index contributed by atoms with van der Waals surface area (Å²) in [6.07, 6.45) is 2.89. The van der Waals surface area contributed by atoms with Crippen molar-refractivity contribution in [2.24, 2.45) is 5.92 Å². The molecule has 2 atom stereocenters. The molecule has 120 valence electrons. The second-order valence-corrected chi connectivity index (χ2v) is 6.84. The highest BCUT2D eigenvalue weighted by Gasteiger charge is 2.35. The second kappa shape index (κ2) is 6.99. The summed E-state index contributed by atoms with van der Waals surface area (Å²) in [4.78, 5) is 14.8.